The first-order valence-corrected chi connectivity index (χ1v) is 11.4. The fourth-order valence-electron chi connectivity index (χ4n) is 4.70. The van der Waals surface area contributed by atoms with Gasteiger partial charge in [0, 0.05) is 47.7 Å². The summed E-state index contributed by atoms with van der Waals surface area (Å²) < 4.78 is 7.07. The number of halogens is 1. The van der Waals surface area contributed by atoms with Crippen LogP contribution in [0.25, 0.3) is 11.1 Å². The van der Waals surface area contributed by atoms with Crippen LogP contribution in [-0.2, 0) is 11.3 Å². The largest absolute Gasteiger partial charge is 0.394 e. The second kappa shape index (κ2) is 9.02. The Labute approximate surface area is 192 Å². The Bertz CT molecular complexity index is 1230. The molecule has 0 radical (unpaired) electrons. The molecule has 32 heavy (non-hydrogen) atoms. The summed E-state index contributed by atoms with van der Waals surface area (Å²) in [6.07, 6.45) is 3.76. The number of nitrogens with zero attached hydrogens (tertiary/aromatic N) is 2. The predicted octanol–water partition coefficient (Wildman–Crippen LogP) is 4.48. The van der Waals surface area contributed by atoms with Crippen LogP contribution in [-0.4, -0.2) is 35.2 Å². The lowest BCUT2D eigenvalue weighted by molar-refractivity contribution is 0.0829. The number of aliphatic hydroxyl groups is 1. The van der Waals surface area contributed by atoms with E-state index in [9.17, 15) is 9.90 Å². The van der Waals surface area contributed by atoms with Crippen molar-refractivity contribution < 1.29 is 9.84 Å². The lowest BCUT2D eigenvalue weighted by atomic mass is 9.88. The third kappa shape index (κ3) is 4.04. The quantitative estimate of drug-likeness (QED) is 0.626. The molecule has 1 fully saturated rings. The number of pyridine rings is 1. The molecule has 1 atom stereocenters. The fourth-order valence-corrected chi connectivity index (χ4v) is 4.90. The molecule has 5 rings (SSSR count). The smallest absolute Gasteiger partial charge is 0.251 e. The van der Waals surface area contributed by atoms with Crippen LogP contribution in [0.15, 0.2) is 70.6 Å². The molecular weight excluding hydrogens is 424 g/mol. The van der Waals surface area contributed by atoms with Crippen molar-refractivity contribution >= 4 is 17.3 Å². The van der Waals surface area contributed by atoms with Gasteiger partial charge in [0.05, 0.1) is 19.2 Å². The number of aliphatic imine (C=N–C) groups is 1. The second-order valence-corrected chi connectivity index (χ2v) is 8.81. The van der Waals surface area contributed by atoms with Gasteiger partial charge in [-0.2, -0.15) is 0 Å². The van der Waals surface area contributed by atoms with Gasteiger partial charge in [0.25, 0.3) is 5.56 Å². The highest BCUT2D eigenvalue weighted by atomic mass is 35.5. The third-order valence-electron chi connectivity index (χ3n) is 6.44. The normalized spacial score (nSPS) is 17.1. The van der Waals surface area contributed by atoms with Gasteiger partial charge >= 0.3 is 0 Å². The van der Waals surface area contributed by atoms with Gasteiger partial charge in [0.2, 0.25) is 0 Å². The highest BCUT2D eigenvalue weighted by Gasteiger charge is 2.26. The summed E-state index contributed by atoms with van der Waals surface area (Å²) >= 11 is 6.11. The minimum absolute atomic E-state index is 0.166. The van der Waals surface area contributed by atoms with Crippen LogP contribution >= 0.6 is 11.6 Å². The summed E-state index contributed by atoms with van der Waals surface area (Å²) in [7, 11) is 0. The summed E-state index contributed by atoms with van der Waals surface area (Å²) in [4.78, 5) is 17.8. The van der Waals surface area contributed by atoms with Crippen LogP contribution in [0.2, 0.25) is 5.02 Å². The fraction of sp³-hybridized carbons (Fsp3) is 0.308. The number of hydrogen-bond donors (Lipinski definition) is 1. The average molecular weight is 449 g/mol. The SMILES string of the molecule is O=c1cc(-c2ccc3c(c2)C(C2CCOCC2)=NC3)ccn1[C@H](CO)c1cccc(Cl)c1. The first-order valence-electron chi connectivity index (χ1n) is 11.0. The predicted molar refractivity (Wildman–Crippen MR) is 127 cm³/mol. The molecule has 0 aliphatic carbocycles. The van der Waals surface area contributed by atoms with E-state index in [0.29, 0.717) is 10.9 Å². The van der Waals surface area contributed by atoms with Crippen molar-refractivity contribution in [1.82, 2.24) is 4.57 Å². The molecule has 0 unspecified atom stereocenters. The molecule has 0 bridgehead atoms. The lowest BCUT2D eigenvalue weighted by Crippen LogP contribution is -2.26. The minimum Gasteiger partial charge on any atom is -0.394 e. The molecule has 0 amide bonds. The topological polar surface area (TPSA) is 63.8 Å². The second-order valence-electron chi connectivity index (χ2n) is 8.37. The van der Waals surface area contributed by atoms with Crippen molar-refractivity contribution in [2.75, 3.05) is 19.8 Å². The standard InChI is InChI=1S/C26H25ClN2O3/c27-22-3-1-2-20(12-22)24(16-30)29-9-6-19(14-25(29)31)18-4-5-21-15-28-26(23(21)13-18)17-7-10-32-11-8-17/h1-6,9,12-14,17,24,30H,7-8,10-11,15-16H2/t24-/m1/s1. The van der Waals surface area contributed by atoms with Gasteiger partial charge in [0.1, 0.15) is 0 Å². The average Bonchev–Trinajstić information content (AvgIpc) is 3.24. The molecule has 1 N–H and O–H groups in total. The van der Waals surface area contributed by atoms with E-state index < -0.39 is 6.04 Å². The maximum atomic E-state index is 13.0. The van der Waals surface area contributed by atoms with Crippen LogP contribution < -0.4 is 5.56 Å². The number of aromatic nitrogens is 1. The molecule has 0 saturated carbocycles. The van der Waals surface area contributed by atoms with Crippen molar-refractivity contribution in [3.05, 3.63) is 92.9 Å². The van der Waals surface area contributed by atoms with Crippen LogP contribution in [0.4, 0.5) is 0 Å². The van der Waals surface area contributed by atoms with Crippen molar-refractivity contribution in [2.45, 2.75) is 25.4 Å². The minimum atomic E-state index is -0.484. The van der Waals surface area contributed by atoms with Gasteiger partial charge in [0.15, 0.2) is 0 Å². The zero-order chi connectivity index (χ0) is 22.1. The summed E-state index contributed by atoms with van der Waals surface area (Å²) in [5.74, 6) is 0.441. The highest BCUT2D eigenvalue weighted by Crippen LogP contribution is 2.31. The number of benzene rings is 2. The molecule has 6 heteroatoms. The molecule has 1 aromatic heterocycles. The van der Waals surface area contributed by atoms with Gasteiger partial charge in [-0.25, -0.2) is 0 Å². The monoisotopic (exact) mass is 448 g/mol. The summed E-state index contributed by atoms with van der Waals surface area (Å²) in [6, 6.07) is 16.7. The Morgan fingerprint density at radius 3 is 2.66 bits per heavy atom. The van der Waals surface area contributed by atoms with Crippen LogP contribution in [0.1, 0.15) is 35.6 Å². The van der Waals surface area contributed by atoms with Crippen molar-refractivity contribution in [3.8, 4) is 11.1 Å². The Morgan fingerprint density at radius 2 is 1.91 bits per heavy atom. The maximum Gasteiger partial charge on any atom is 0.251 e. The Kier molecular flexibility index (Phi) is 5.96. The molecule has 2 aliphatic heterocycles. The van der Waals surface area contributed by atoms with Crippen molar-refractivity contribution in [3.63, 3.8) is 0 Å². The number of aliphatic hydroxyl groups excluding tert-OH is 1. The van der Waals surface area contributed by atoms with E-state index in [0.717, 1.165) is 49.3 Å². The van der Waals surface area contributed by atoms with E-state index in [1.54, 1.807) is 29.0 Å². The molecule has 5 nitrogen and oxygen atoms in total. The maximum absolute atomic E-state index is 13.0. The molecule has 0 spiro atoms. The molecule has 3 heterocycles. The van der Waals surface area contributed by atoms with Crippen LogP contribution in [0.5, 0.6) is 0 Å². The van der Waals surface area contributed by atoms with Gasteiger partial charge < -0.3 is 14.4 Å². The Morgan fingerprint density at radius 1 is 1.09 bits per heavy atom. The van der Waals surface area contributed by atoms with Gasteiger partial charge in [-0.15, -0.1) is 0 Å². The molecule has 2 aliphatic rings. The van der Waals surface area contributed by atoms with Crippen LogP contribution in [0, 0.1) is 5.92 Å². The first-order chi connectivity index (χ1) is 15.6. The van der Waals surface area contributed by atoms with Crippen molar-refractivity contribution in [1.29, 1.82) is 0 Å². The zero-order valence-corrected chi connectivity index (χ0v) is 18.5. The van der Waals surface area contributed by atoms with Crippen molar-refractivity contribution in [2.24, 2.45) is 10.9 Å². The molecule has 2 aromatic carbocycles. The van der Waals surface area contributed by atoms with Gasteiger partial charge in [-0.3, -0.25) is 9.79 Å². The van der Waals surface area contributed by atoms with Crippen LogP contribution in [0.3, 0.4) is 0 Å². The zero-order valence-electron chi connectivity index (χ0n) is 17.7. The molecule has 3 aromatic rings. The molecule has 1 saturated heterocycles. The number of fused-ring (bicyclic) bond motifs is 1. The molecule has 164 valence electrons. The third-order valence-corrected chi connectivity index (χ3v) is 6.67. The summed E-state index contributed by atoms with van der Waals surface area (Å²) in [5.41, 5.74) is 6.11. The van der Waals surface area contributed by atoms with E-state index in [4.69, 9.17) is 21.3 Å². The Hall–Kier alpha value is -2.73. The van der Waals surface area contributed by atoms with Gasteiger partial charge in [-0.05, 0) is 59.4 Å². The number of rotatable bonds is 5. The van der Waals surface area contributed by atoms with E-state index in [1.807, 2.05) is 18.2 Å². The number of ether oxygens (including phenoxy) is 1. The first kappa shape index (κ1) is 21.1. The number of hydrogen-bond acceptors (Lipinski definition) is 4. The Balaban J connectivity index is 1.46. The highest BCUT2D eigenvalue weighted by molar-refractivity contribution is 6.30. The van der Waals surface area contributed by atoms with Gasteiger partial charge in [-0.1, -0.05) is 35.9 Å². The summed E-state index contributed by atoms with van der Waals surface area (Å²) in [6.45, 7) is 2.11. The molecular formula is C26H25ClN2O3. The van der Waals surface area contributed by atoms with E-state index in [-0.39, 0.29) is 12.2 Å². The van der Waals surface area contributed by atoms with E-state index in [1.165, 1.54) is 16.8 Å². The van der Waals surface area contributed by atoms with E-state index in [2.05, 4.69) is 18.2 Å². The lowest BCUT2D eigenvalue weighted by Gasteiger charge is -2.23. The van der Waals surface area contributed by atoms with E-state index >= 15 is 0 Å². The summed E-state index contributed by atoms with van der Waals surface area (Å²) in [5, 5.41) is 10.5.